The quantitative estimate of drug-likeness (QED) is 0.549. The van der Waals surface area contributed by atoms with Gasteiger partial charge in [0.1, 0.15) is 0 Å². The van der Waals surface area contributed by atoms with Crippen molar-refractivity contribution in [2.45, 2.75) is 13.0 Å². The number of nitrogens with one attached hydrogen (secondary N) is 2. The highest BCUT2D eigenvalue weighted by Gasteiger charge is 2.31. The minimum absolute atomic E-state index is 0.0564. The van der Waals surface area contributed by atoms with Crippen molar-refractivity contribution >= 4 is 17.6 Å². The molecule has 1 aromatic rings. The van der Waals surface area contributed by atoms with E-state index in [0.29, 0.717) is 5.69 Å². The first-order chi connectivity index (χ1) is 8.08. The van der Waals surface area contributed by atoms with Gasteiger partial charge < -0.3 is 4.98 Å². The lowest BCUT2D eigenvalue weighted by atomic mass is 10.1. The third kappa shape index (κ3) is 2.42. The topological polar surface area (TPSA) is 82.3 Å². The Morgan fingerprint density at radius 1 is 1.53 bits per heavy atom. The number of rotatable bonds is 3. The van der Waals surface area contributed by atoms with Crippen molar-refractivity contribution in [3.8, 4) is 0 Å². The number of imide groups is 1. The van der Waals surface area contributed by atoms with Gasteiger partial charge in [0.2, 0.25) is 11.8 Å². The number of nitrogens with zero attached hydrogens (tertiary/aromatic N) is 1. The number of hydrogen-bond donors (Lipinski definition) is 2. The Morgan fingerprint density at radius 3 is 2.94 bits per heavy atom. The number of aromatic nitrogens is 1. The fourth-order valence-electron chi connectivity index (χ4n) is 1.73. The summed E-state index contributed by atoms with van der Waals surface area (Å²) in [5, 5.41) is 2.23. The van der Waals surface area contributed by atoms with Gasteiger partial charge in [-0.2, -0.15) is 0 Å². The molecule has 0 saturated carbocycles. The Labute approximate surface area is 98.0 Å². The zero-order valence-corrected chi connectivity index (χ0v) is 9.40. The van der Waals surface area contributed by atoms with Gasteiger partial charge in [-0.1, -0.05) is 0 Å². The van der Waals surface area contributed by atoms with E-state index in [9.17, 15) is 14.4 Å². The minimum atomic E-state index is -0.466. The van der Waals surface area contributed by atoms with E-state index >= 15 is 0 Å². The second-order valence-corrected chi connectivity index (χ2v) is 4.00. The first-order valence-electron chi connectivity index (χ1n) is 5.32. The molecule has 17 heavy (non-hydrogen) atoms. The molecular weight excluding hydrogens is 222 g/mol. The number of ketones is 1. The van der Waals surface area contributed by atoms with Crippen LogP contribution >= 0.6 is 0 Å². The van der Waals surface area contributed by atoms with E-state index in [1.54, 1.807) is 30.2 Å². The summed E-state index contributed by atoms with van der Waals surface area (Å²) < 4.78 is 0. The van der Waals surface area contributed by atoms with Crippen molar-refractivity contribution in [3.05, 3.63) is 24.0 Å². The molecule has 2 rings (SSSR count). The van der Waals surface area contributed by atoms with Crippen LogP contribution in [0.1, 0.15) is 17.4 Å². The van der Waals surface area contributed by atoms with Crippen molar-refractivity contribution in [3.63, 3.8) is 0 Å². The standard InChI is InChI=1S/C11H13N3O3/c1-7-11(17)13-10(16)6-14(7)5-9(15)8-3-2-4-12-8/h2-4,7,12H,5-6H2,1H3,(H,13,16,17). The number of piperazine rings is 1. The molecule has 6 heteroatoms. The maximum atomic E-state index is 11.8. The molecule has 2 heterocycles. The van der Waals surface area contributed by atoms with Crippen LogP contribution in [-0.4, -0.2) is 46.6 Å². The number of hydrogen-bond acceptors (Lipinski definition) is 4. The van der Waals surface area contributed by atoms with Gasteiger partial charge in [0, 0.05) is 6.20 Å². The Bertz CT molecular complexity index is 453. The number of amides is 2. The predicted octanol–water partition coefficient (Wildman–Crippen LogP) is -0.456. The van der Waals surface area contributed by atoms with Crippen molar-refractivity contribution in [2.24, 2.45) is 0 Å². The smallest absolute Gasteiger partial charge is 0.243 e. The summed E-state index contributed by atoms with van der Waals surface area (Å²) >= 11 is 0. The average molecular weight is 235 g/mol. The van der Waals surface area contributed by atoms with E-state index in [0.717, 1.165) is 0 Å². The Morgan fingerprint density at radius 2 is 2.29 bits per heavy atom. The summed E-state index contributed by atoms with van der Waals surface area (Å²) in [7, 11) is 0. The molecule has 0 aromatic carbocycles. The fraction of sp³-hybridized carbons (Fsp3) is 0.364. The van der Waals surface area contributed by atoms with E-state index in [-0.39, 0.29) is 30.7 Å². The van der Waals surface area contributed by atoms with Crippen molar-refractivity contribution in [1.82, 2.24) is 15.2 Å². The molecule has 2 amide bonds. The molecule has 0 bridgehead atoms. The largest absolute Gasteiger partial charge is 0.359 e. The van der Waals surface area contributed by atoms with Gasteiger partial charge >= 0.3 is 0 Å². The minimum Gasteiger partial charge on any atom is -0.359 e. The summed E-state index contributed by atoms with van der Waals surface area (Å²) in [6, 6.07) is 2.93. The van der Waals surface area contributed by atoms with Crippen LogP contribution < -0.4 is 5.32 Å². The molecule has 1 fully saturated rings. The third-order valence-electron chi connectivity index (χ3n) is 2.78. The summed E-state index contributed by atoms with van der Waals surface area (Å²) in [5.41, 5.74) is 0.482. The molecule has 0 radical (unpaired) electrons. The molecule has 0 spiro atoms. The fourth-order valence-corrected chi connectivity index (χ4v) is 1.73. The number of carbonyl (C=O) groups is 3. The van der Waals surface area contributed by atoms with Crippen molar-refractivity contribution < 1.29 is 14.4 Å². The molecule has 0 aliphatic carbocycles. The Hall–Kier alpha value is -1.95. The molecule has 1 aliphatic heterocycles. The molecule has 90 valence electrons. The van der Waals surface area contributed by atoms with Crippen LogP contribution in [0.3, 0.4) is 0 Å². The third-order valence-corrected chi connectivity index (χ3v) is 2.78. The van der Waals surface area contributed by atoms with Gasteiger partial charge in [-0.05, 0) is 19.1 Å². The lowest BCUT2D eigenvalue weighted by Crippen LogP contribution is -2.57. The van der Waals surface area contributed by atoms with Crippen LogP contribution in [0.5, 0.6) is 0 Å². The van der Waals surface area contributed by atoms with Gasteiger partial charge in [0.25, 0.3) is 0 Å². The van der Waals surface area contributed by atoms with Gasteiger partial charge in [0.15, 0.2) is 5.78 Å². The number of carbonyl (C=O) groups excluding carboxylic acids is 3. The number of H-pyrrole nitrogens is 1. The second kappa shape index (κ2) is 4.50. The van der Waals surface area contributed by atoms with Gasteiger partial charge in [-0.15, -0.1) is 0 Å². The van der Waals surface area contributed by atoms with Crippen LogP contribution in [0.4, 0.5) is 0 Å². The van der Waals surface area contributed by atoms with Gasteiger partial charge in [-0.3, -0.25) is 24.6 Å². The molecule has 1 atom stereocenters. The summed E-state index contributed by atoms with van der Waals surface area (Å²) in [5.74, 6) is -0.864. The van der Waals surface area contributed by atoms with Crippen molar-refractivity contribution in [1.29, 1.82) is 0 Å². The predicted molar refractivity (Wildman–Crippen MR) is 59.3 cm³/mol. The average Bonchev–Trinajstić information content (AvgIpc) is 2.78. The molecule has 1 aliphatic rings. The maximum Gasteiger partial charge on any atom is 0.243 e. The zero-order valence-electron chi connectivity index (χ0n) is 9.40. The first-order valence-corrected chi connectivity index (χ1v) is 5.32. The SMILES string of the molecule is CC1C(=O)NC(=O)CN1CC(=O)c1ccc[nH]1. The van der Waals surface area contributed by atoms with Crippen LogP contribution in [-0.2, 0) is 9.59 Å². The normalized spacial score (nSPS) is 21.4. The summed E-state index contributed by atoms with van der Waals surface area (Å²) in [4.78, 5) is 38.8. The van der Waals surface area contributed by atoms with E-state index in [1.807, 2.05) is 0 Å². The highest BCUT2D eigenvalue weighted by molar-refractivity contribution is 6.02. The van der Waals surface area contributed by atoms with E-state index in [4.69, 9.17) is 0 Å². The maximum absolute atomic E-state index is 11.8. The second-order valence-electron chi connectivity index (χ2n) is 4.00. The highest BCUT2D eigenvalue weighted by atomic mass is 16.2. The summed E-state index contributed by atoms with van der Waals surface area (Å²) in [6.07, 6.45) is 1.66. The first kappa shape index (κ1) is 11.5. The van der Waals surface area contributed by atoms with Gasteiger partial charge in [-0.25, -0.2) is 0 Å². The number of aromatic amines is 1. The van der Waals surface area contributed by atoms with Crippen LogP contribution in [0.25, 0.3) is 0 Å². The zero-order chi connectivity index (χ0) is 12.4. The summed E-state index contributed by atoms with van der Waals surface area (Å²) in [6.45, 7) is 1.80. The monoisotopic (exact) mass is 235 g/mol. The lowest BCUT2D eigenvalue weighted by molar-refractivity contribution is -0.139. The van der Waals surface area contributed by atoms with E-state index in [1.165, 1.54) is 0 Å². The number of Topliss-reactive ketones (excluding diaryl/α,β-unsaturated/α-hetero) is 1. The Balaban J connectivity index is 2.05. The molecule has 6 nitrogen and oxygen atoms in total. The molecule has 1 saturated heterocycles. The Kier molecular flexibility index (Phi) is 3.06. The molecule has 1 unspecified atom stereocenters. The van der Waals surface area contributed by atoms with Crippen LogP contribution in [0.2, 0.25) is 0 Å². The highest BCUT2D eigenvalue weighted by Crippen LogP contribution is 2.06. The van der Waals surface area contributed by atoms with E-state index in [2.05, 4.69) is 10.3 Å². The molecular formula is C11H13N3O3. The van der Waals surface area contributed by atoms with Gasteiger partial charge in [0.05, 0.1) is 24.8 Å². The lowest BCUT2D eigenvalue weighted by Gasteiger charge is -2.30. The molecule has 2 N–H and O–H groups in total. The van der Waals surface area contributed by atoms with Crippen LogP contribution in [0.15, 0.2) is 18.3 Å². The van der Waals surface area contributed by atoms with Crippen LogP contribution in [0, 0.1) is 0 Å². The van der Waals surface area contributed by atoms with Crippen molar-refractivity contribution in [2.75, 3.05) is 13.1 Å². The molecule has 1 aromatic heterocycles. The van der Waals surface area contributed by atoms with E-state index < -0.39 is 6.04 Å².